The van der Waals surface area contributed by atoms with E-state index in [2.05, 4.69) is 17.2 Å². The number of rotatable bonds is 7. The van der Waals surface area contributed by atoms with Gasteiger partial charge in [-0.25, -0.2) is 0 Å². The fraction of sp³-hybridized carbons (Fsp3) is 0.333. The third kappa shape index (κ3) is 5.84. The summed E-state index contributed by atoms with van der Waals surface area (Å²) >= 11 is 5.12. The third-order valence-electron chi connectivity index (χ3n) is 2.50. The summed E-state index contributed by atoms with van der Waals surface area (Å²) in [5, 5.41) is 5.90. The minimum Gasteiger partial charge on any atom is -0.487 e. The van der Waals surface area contributed by atoms with E-state index in [4.69, 9.17) is 17.0 Å². The van der Waals surface area contributed by atoms with Crippen molar-refractivity contribution in [3.63, 3.8) is 0 Å². The molecule has 0 aliphatic carbocycles. The molecule has 0 atom stereocenters. The molecule has 0 bridgehead atoms. The van der Waals surface area contributed by atoms with Crippen LogP contribution in [0.2, 0.25) is 0 Å². The highest BCUT2D eigenvalue weighted by Crippen LogP contribution is 2.23. The second-order valence-corrected chi connectivity index (χ2v) is 4.61. The molecule has 0 unspecified atom stereocenters. The van der Waals surface area contributed by atoms with Crippen LogP contribution in [0.4, 0.5) is 5.69 Å². The Labute approximate surface area is 125 Å². The lowest BCUT2D eigenvalue weighted by molar-refractivity contribution is -0.119. The number of ether oxygens (including phenoxy) is 1. The number of carbonyl (C=O) groups is 1. The molecule has 0 aliphatic heterocycles. The molecule has 1 aromatic carbocycles. The lowest BCUT2D eigenvalue weighted by Crippen LogP contribution is -2.34. The summed E-state index contributed by atoms with van der Waals surface area (Å²) in [6.07, 6.45) is 3.98. The minimum atomic E-state index is -0.0751. The second-order valence-electron chi connectivity index (χ2n) is 4.20. The summed E-state index contributed by atoms with van der Waals surface area (Å²) in [6, 6.07) is 7.40. The molecule has 1 aromatic rings. The number of anilines is 1. The van der Waals surface area contributed by atoms with Crippen LogP contribution in [0.1, 0.15) is 26.2 Å². The summed E-state index contributed by atoms with van der Waals surface area (Å²) in [6.45, 7) is 6.06. The van der Waals surface area contributed by atoms with Gasteiger partial charge >= 0.3 is 0 Å². The Morgan fingerprint density at radius 2 is 2.20 bits per heavy atom. The van der Waals surface area contributed by atoms with E-state index < -0.39 is 0 Å². The maximum absolute atomic E-state index is 11.6. The Bertz CT molecular complexity index is 475. The highest BCUT2D eigenvalue weighted by atomic mass is 32.1. The van der Waals surface area contributed by atoms with Crippen LogP contribution in [0, 0.1) is 0 Å². The smallest absolute Gasteiger partial charge is 0.226 e. The predicted octanol–water partition coefficient (Wildman–Crippen LogP) is 3.25. The van der Waals surface area contributed by atoms with Gasteiger partial charge in [-0.2, -0.15) is 0 Å². The molecular formula is C15H20N2O2S. The number of amides is 1. The highest BCUT2D eigenvalue weighted by molar-refractivity contribution is 7.80. The molecule has 1 amide bonds. The predicted molar refractivity (Wildman–Crippen MR) is 86.0 cm³/mol. The molecular weight excluding hydrogens is 272 g/mol. The van der Waals surface area contributed by atoms with Crippen molar-refractivity contribution in [1.29, 1.82) is 0 Å². The monoisotopic (exact) mass is 292 g/mol. The van der Waals surface area contributed by atoms with Crippen molar-refractivity contribution in [2.45, 2.75) is 26.2 Å². The maximum atomic E-state index is 11.6. The molecule has 108 valence electrons. The maximum Gasteiger partial charge on any atom is 0.226 e. The molecule has 2 N–H and O–H groups in total. The Kier molecular flexibility index (Phi) is 7.35. The van der Waals surface area contributed by atoms with Crippen LogP contribution in [-0.4, -0.2) is 17.6 Å². The van der Waals surface area contributed by atoms with Gasteiger partial charge in [0, 0.05) is 6.42 Å². The minimum absolute atomic E-state index is 0.0751. The number of unbranched alkanes of at least 4 members (excludes halogenated alkanes) is 1. The number of nitrogens with one attached hydrogen (secondary N) is 2. The van der Waals surface area contributed by atoms with E-state index in [0.717, 1.165) is 18.5 Å². The number of thiocarbonyl (C=S) groups is 1. The van der Waals surface area contributed by atoms with E-state index >= 15 is 0 Å². The zero-order chi connectivity index (χ0) is 14.8. The Balaban J connectivity index is 2.56. The van der Waals surface area contributed by atoms with E-state index in [1.54, 1.807) is 6.08 Å². The molecule has 0 saturated heterocycles. The number of para-hydroxylation sites is 2. The Morgan fingerprint density at radius 3 is 2.90 bits per heavy atom. The lowest BCUT2D eigenvalue weighted by Gasteiger charge is -2.13. The topological polar surface area (TPSA) is 50.4 Å². The van der Waals surface area contributed by atoms with Crippen molar-refractivity contribution in [3.05, 3.63) is 36.9 Å². The van der Waals surface area contributed by atoms with Gasteiger partial charge in [0.2, 0.25) is 5.91 Å². The van der Waals surface area contributed by atoms with Crippen molar-refractivity contribution < 1.29 is 9.53 Å². The van der Waals surface area contributed by atoms with Crippen LogP contribution in [0.3, 0.4) is 0 Å². The van der Waals surface area contributed by atoms with Crippen LogP contribution in [0.15, 0.2) is 36.9 Å². The zero-order valence-corrected chi connectivity index (χ0v) is 12.5. The average molecular weight is 292 g/mol. The summed E-state index contributed by atoms with van der Waals surface area (Å²) < 4.78 is 5.50. The van der Waals surface area contributed by atoms with E-state index in [9.17, 15) is 4.79 Å². The lowest BCUT2D eigenvalue weighted by atomic mass is 10.2. The van der Waals surface area contributed by atoms with Crippen molar-refractivity contribution in [1.82, 2.24) is 5.32 Å². The second kappa shape index (κ2) is 9.09. The summed E-state index contributed by atoms with van der Waals surface area (Å²) in [7, 11) is 0. The molecule has 0 saturated carbocycles. The van der Waals surface area contributed by atoms with E-state index in [-0.39, 0.29) is 11.0 Å². The standard InChI is InChI=1S/C15H20N2O2S/c1-3-5-10-14(18)17-15(20)16-12-8-6-7-9-13(12)19-11-4-2/h4,6-9H,2-3,5,10-11H2,1H3,(H2,16,17,18,20). The first-order valence-electron chi connectivity index (χ1n) is 6.61. The number of carbonyl (C=O) groups excluding carboxylic acids is 1. The van der Waals surface area contributed by atoms with Crippen LogP contribution >= 0.6 is 12.2 Å². The molecule has 0 radical (unpaired) electrons. The van der Waals surface area contributed by atoms with Gasteiger partial charge in [-0.3, -0.25) is 4.79 Å². The molecule has 0 heterocycles. The molecule has 1 rings (SSSR count). The first-order chi connectivity index (χ1) is 9.67. The van der Waals surface area contributed by atoms with Gasteiger partial charge in [0.05, 0.1) is 5.69 Å². The van der Waals surface area contributed by atoms with Crippen LogP contribution in [-0.2, 0) is 4.79 Å². The van der Waals surface area contributed by atoms with Crippen molar-refractivity contribution >= 4 is 28.9 Å². The molecule has 0 fully saturated rings. The first kappa shape index (κ1) is 16.2. The van der Waals surface area contributed by atoms with Gasteiger partial charge in [-0.1, -0.05) is 38.1 Å². The molecule has 0 aromatic heterocycles. The first-order valence-corrected chi connectivity index (χ1v) is 7.01. The van der Waals surface area contributed by atoms with Crippen molar-refractivity contribution in [3.8, 4) is 5.75 Å². The van der Waals surface area contributed by atoms with Gasteiger partial charge < -0.3 is 15.4 Å². The van der Waals surface area contributed by atoms with Gasteiger partial charge in [-0.05, 0) is 30.8 Å². The largest absolute Gasteiger partial charge is 0.487 e. The number of hydrogen-bond donors (Lipinski definition) is 2. The van der Waals surface area contributed by atoms with Gasteiger partial charge in [0.25, 0.3) is 0 Å². The van der Waals surface area contributed by atoms with E-state index in [1.807, 2.05) is 31.2 Å². The van der Waals surface area contributed by atoms with Gasteiger partial charge in [0.1, 0.15) is 12.4 Å². The van der Waals surface area contributed by atoms with E-state index in [0.29, 0.717) is 18.8 Å². The molecule has 4 nitrogen and oxygen atoms in total. The fourth-order valence-corrected chi connectivity index (χ4v) is 1.75. The van der Waals surface area contributed by atoms with Crippen molar-refractivity contribution in [2.24, 2.45) is 0 Å². The summed E-state index contributed by atoms with van der Waals surface area (Å²) in [5.41, 5.74) is 0.718. The zero-order valence-electron chi connectivity index (χ0n) is 11.6. The normalized spacial score (nSPS) is 9.65. The fourth-order valence-electron chi connectivity index (χ4n) is 1.52. The van der Waals surface area contributed by atoms with Gasteiger partial charge in [0.15, 0.2) is 5.11 Å². The number of hydrogen-bond acceptors (Lipinski definition) is 3. The molecule has 0 aliphatic rings. The third-order valence-corrected chi connectivity index (χ3v) is 2.71. The summed E-state index contributed by atoms with van der Waals surface area (Å²) in [4.78, 5) is 11.6. The molecule has 5 heteroatoms. The average Bonchev–Trinajstić information content (AvgIpc) is 2.44. The Morgan fingerprint density at radius 1 is 1.45 bits per heavy atom. The highest BCUT2D eigenvalue weighted by Gasteiger charge is 2.07. The van der Waals surface area contributed by atoms with Gasteiger partial charge in [-0.15, -0.1) is 0 Å². The Hall–Kier alpha value is -1.88. The molecule has 0 spiro atoms. The number of benzene rings is 1. The quantitative estimate of drug-likeness (QED) is 0.598. The van der Waals surface area contributed by atoms with E-state index in [1.165, 1.54) is 0 Å². The van der Waals surface area contributed by atoms with Crippen LogP contribution in [0.25, 0.3) is 0 Å². The van der Waals surface area contributed by atoms with Crippen molar-refractivity contribution in [2.75, 3.05) is 11.9 Å². The van der Waals surface area contributed by atoms with Crippen LogP contribution in [0.5, 0.6) is 5.75 Å². The summed E-state index contributed by atoms with van der Waals surface area (Å²) in [5.74, 6) is 0.589. The SMILES string of the molecule is C=CCOc1ccccc1NC(=S)NC(=O)CCCC. The van der Waals surface area contributed by atoms with Crippen LogP contribution < -0.4 is 15.4 Å². The molecule has 20 heavy (non-hydrogen) atoms.